The van der Waals surface area contributed by atoms with Gasteiger partial charge in [-0.15, -0.1) is 0 Å². The predicted octanol–water partition coefficient (Wildman–Crippen LogP) is 1.27. The number of benzene rings is 1. The summed E-state index contributed by atoms with van der Waals surface area (Å²) in [7, 11) is 0. The SMILES string of the molecule is CC(O)C1CC1(O)c1ccccc1. The first-order valence-corrected chi connectivity index (χ1v) is 4.60. The molecule has 0 aromatic heterocycles. The average Bonchev–Trinajstić information content (AvgIpc) is 2.82. The lowest BCUT2D eigenvalue weighted by Gasteiger charge is -2.11. The van der Waals surface area contributed by atoms with E-state index in [0.29, 0.717) is 6.42 Å². The second-order valence-electron chi connectivity index (χ2n) is 3.84. The Labute approximate surface area is 77.8 Å². The summed E-state index contributed by atoms with van der Waals surface area (Å²) in [6, 6.07) is 9.55. The van der Waals surface area contributed by atoms with Gasteiger partial charge in [-0.3, -0.25) is 0 Å². The molecule has 1 fully saturated rings. The summed E-state index contributed by atoms with van der Waals surface area (Å²) in [5.41, 5.74) is 0.149. The van der Waals surface area contributed by atoms with Gasteiger partial charge in [-0.25, -0.2) is 0 Å². The molecule has 0 bridgehead atoms. The summed E-state index contributed by atoms with van der Waals surface area (Å²) in [6.07, 6.45) is 0.250. The molecule has 70 valence electrons. The van der Waals surface area contributed by atoms with Crippen LogP contribution in [-0.2, 0) is 5.60 Å². The van der Waals surface area contributed by atoms with E-state index in [1.807, 2.05) is 30.3 Å². The van der Waals surface area contributed by atoms with Crippen LogP contribution in [0.25, 0.3) is 0 Å². The maximum Gasteiger partial charge on any atom is 0.0955 e. The van der Waals surface area contributed by atoms with Gasteiger partial charge in [0.25, 0.3) is 0 Å². The minimum atomic E-state index is -0.768. The number of hydrogen-bond acceptors (Lipinski definition) is 2. The van der Waals surface area contributed by atoms with E-state index in [-0.39, 0.29) is 5.92 Å². The fourth-order valence-corrected chi connectivity index (χ4v) is 1.90. The van der Waals surface area contributed by atoms with E-state index in [2.05, 4.69) is 0 Å². The van der Waals surface area contributed by atoms with Crippen molar-refractivity contribution in [3.63, 3.8) is 0 Å². The zero-order chi connectivity index (χ0) is 9.47. The van der Waals surface area contributed by atoms with Crippen LogP contribution in [0.3, 0.4) is 0 Å². The third-order valence-corrected chi connectivity index (χ3v) is 2.84. The van der Waals surface area contributed by atoms with Crippen LogP contribution in [0.1, 0.15) is 18.9 Å². The average molecular weight is 178 g/mol. The second-order valence-corrected chi connectivity index (χ2v) is 3.84. The van der Waals surface area contributed by atoms with E-state index in [0.717, 1.165) is 5.56 Å². The summed E-state index contributed by atoms with van der Waals surface area (Å²) in [4.78, 5) is 0. The Morgan fingerprint density at radius 3 is 2.46 bits per heavy atom. The van der Waals surface area contributed by atoms with Gasteiger partial charge in [0.2, 0.25) is 0 Å². The lowest BCUT2D eigenvalue weighted by atomic mass is 10.0. The number of rotatable bonds is 2. The van der Waals surface area contributed by atoms with E-state index in [4.69, 9.17) is 0 Å². The summed E-state index contributed by atoms with van der Waals surface area (Å²) >= 11 is 0. The van der Waals surface area contributed by atoms with E-state index in [1.54, 1.807) is 6.92 Å². The molecule has 13 heavy (non-hydrogen) atoms. The van der Waals surface area contributed by atoms with Gasteiger partial charge in [-0.1, -0.05) is 30.3 Å². The van der Waals surface area contributed by atoms with Gasteiger partial charge in [0.1, 0.15) is 0 Å². The molecule has 1 saturated carbocycles. The molecule has 3 unspecified atom stereocenters. The third kappa shape index (κ3) is 1.36. The zero-order valence-corrected chi connectivity index (χ0v) is 7.64. The molecule has 1 aliphatic rings. The Bertz CT molecular complexity index is 294. The van der Waals surface area contributed by atoms with Gasteiger partial charge < -0.3 is 10.2 Å². The predicted molar refractivity (Wildman–Crippen MR) is 50.1 cm³/mol. The number of aliphatic hydroxyl groups excluding tert-OH is 1. The summed E-state index contributed by atoms with van der Waals surface area (Å²) in [6.45, 7) is 1.73. The molecule has 1 aromatic carbocycles. The van der Waals surface area contributed by atoms with Crippen molar-refractivity contribution in [2.24, 2.45) is 5.92 Å². The Morgan fingerprint density at radius 2 is 2.00 bits per heavy atom. The highest BCUT2D eigenvalue weighted by Gasteiger charge is 2.56. The first-order valence-electron chi connectivity index (χ1n) is 4.60. The van der Waals surface area contributed by atoms with Crippen molar-refractivity contribution in [1.82, 2.24) is 0 Å². The lowest BCUT2D eigenvalue weighted by molar-refractivity contribution is 0.0784. The van der Waals surface area contributed by atoms with Crippen LogP contribution in [-0.4, -0.2) is 16.3 Å². The first kappa shape index (κ1) is 8.73. The minimum absolute atomic E-state index is 0.00917. The van der Waals surface area contributed by atoms with Crippen LogP contribution < -0.4 is 0 Å². The highest BCUT2D eigenvalue weighted by atomic mass is 16.3. The molecule has 2 heteroatoms. The van der Waals surface area contributed by atoms with Crippen LogP contribution in [0, 0.1) is 5.92 Å². The van der Waals surface area contributed by atoms with Crippen molar-refractivity contribution in [3.05, 3.63) is 35.9 Å². The molecule has 0 amide bonds. The van der Waals surface area contributed by atoms with Gasteiger partial charge in [0.15, 0.2) is 0 Å². The van der Waals surface area contributed by atoms with Gasteiger partial charge in [0, 0.05) is 5.92 Å². The van der Waals surface area contributed by atoms with Crippen molar-refractivity contribution in [3.8, 4) is 0 Å². The van der Waals surface area contributed by atoms with Gasteiger partial charge in [0.05, 0.1) is 11.7 Å². The normalized spacial score (nSPS) is 34.2. The molecule has 1 aliphatic carbocycles. The number of aliphatic hydroxyl groups is 2. The molecule has 0 aliphatic heterocycles. The molecule has 0 heterocycles. The highest BCUT2D eigenvalue weighted by molar-refractivity contribution is 5.30. The second kappa shape index (κ2) is 2.82. The Kier molecular flexibility index (Phi) is 1.90. The maximum atomic E-state index is 10.1. The molecule has 1 aromatic rings. The van der Waals surface area contributed by atoms with E-state index in [1.165, 1.54) is 0 Å². The van der Waals surface area contributed by atoms with Crippen molar-refractivity contribution >= 4 is 0 Å². The number of hydrogen-bond donors (Lipinski definition) is 2. The van der Waals surface area contributed by atoms with Crippen LogP contribution in [0.15, 0.2) is 30.3 Å². The van der Waals surface area contributed by atoms with Gasteiger partial charge >= 0.3 is 0 Å². The maximum absolute atomic E-state index is 10.1. The summed E-state index contributed by atoms with van der Waals surface area (Å²) < 4.78 is 0. The highest BCUT2D eigenvalue weighted by Crippen LogP contribution is 2.53. The zero-order valence-electron chi connectivity index (χ0n) is 7.64. The molecule has 0 saturated heterocycles. The van der Waals surface area contributed by atoms with Crippen LogP contribution >= 0.6 is 0 Å². The van der Waals surface area contributed by atoms with Crippen molar-refractivity contribution in [2.75, 3.05) is 0 Å². The summed E-state index contributed by atoms with van der Waals surface area (Å²) in [5.74, 6) is 0.00917. The Hall–Kier alpha value is -0.860. The molecule has 2 nitrogen and oxygen atoms in total. The molecule has 0 radical (unpaired) electrons. The third-order valence-electron chi connectivity index (χ3n) is 2.84. The smallest absolute Gasteiger partial charge is 0.0955 e. The minimum Gasteiger partial charge on any atom is -0.393 e. The molecule has 3 atom stereocenters. The summed E-state index contributed by atoms with van der Waals surface area (Å²) in [5, 5.41) is 19.4. The van der Waals surface area contributed by atoms with E-state index in [9.17, 15) is 10.2 Å². The monoisotopic (exact) mass is 178 g/mol. The Balaban J connectivity index is 2.21. The van der Waals surface area contributed by atoms with Crippen LogP contribution in [0.5, 0.6) is 0 Å². The molecule has 2 rings (SSSR count). The van der Waals surface area contributed by atoms with Crippen LogP contribution in [0.4, 0.5) is 0 Å². The molecular formula is C11H14O2. The van der Waals surface area contributed by atoms with Crippen molar-refractivity contribution in [1.29, 1.82) is 0 Å². The largest absolute Gasteiger partial charge is 0.393 e. The van der Waals surface area contributed by atoms with Crippen LogP contribution in [0.2, 0.25) is 0 Å². The molecular weight excluding hydrogens is 164 g/mol. The van der Waals surface area contributed by atoms with Crippen molar-refractivity contribution in [2.45, 2.75) is 25.0 Å². The quantitative estimate of drug-likeness (QED) is 0.716. The Morgan fingerprint density at radius 1 is 1.38 bits per heavy atom. The fourth-order valence-electron chi connectivity index (χ4n) is 1.90. The topological polar surface area (TPSA) is 40.5 Å². The standard InChI is InChI=1S/C11H14O2/c1-8(12)10-7-11(10,13)9-5-3-2-4-6-9/h2-6,8,10,12-13H,7H2,1H3. The fraction of sp³-hybridized carbons (Fsp3) is 0.455. The van der Waals surface area contributed by atoms with Crippen molar-refractivity contribution < 1.29 is 10.2 Å². The van der Waals surface area contributed by atoms with E-state index < -0.39 is 11.7 Å². The first-order chi connectivity index (χ1) is 6.14. The van der Waals surface area contributed by atoms with E-state index >= 15 is 0 Å². The van der Waals surface area contributed by atoms with Gasteiger partial charge in [-0.2, -0.15) is 0 Å². The van der Waals surface area contributed by atoms with Gasteiger partial charge in [-0.05, 0) is 18.9 Å². The lowest BCUT2D eigenvalue weighted by Crippen LogP contribution is -2.15. The molecule has 0 spiro atoms. The molecule has 2 N–H and O–H groups in total.